The summed E-state index contributed by atoms with van der Waals surface area (Å²) < 4.78 is 7.50. The third-order valence-corrected chi connectivity index (χ3v) is 2.55. The molecule has 1 aromatic carbocycles. The van der Waals surface area contributed by atoms with E-state index in [1.807, 2.05) is 50.5 Å². The minimum atomic E-state index is -0.0325. The van der Waals surface area contributed by atoms with Crippen LogP contribution < -0.4 is 10.5 Å². The lowest BCUT2D eigenvalue weighted by molar-refractivity contribution is 0.295. The van der Waals surface area contributed by atoms with E-state index in [2.05, 4.69) is 5.10 Å². The molecule has 0 bridgehead atoms. The van der Waals surface area contributed by atoms with Gasteiger partial charge < -0.3 is 10.5 Å². The highest BCUT2D eigenvalue weighted by Crippen LogP contribution is 2.23. The van der Waals surface area contributed by atoms with Gasteiger partial charge in [0, 0.05) is 24.8 Å². The summed E-state index contributed by atoms with van der Waals surface area (Å²) in [7, 11) is 1.89. The molecule has 0 spiro atoms. The highest BCUT2D eigenvalue weighted by molar-refractivity contribution is 5.35. The van der Waals surface area contributed by atoms with E-state index in [0.29, 0.717) is 6.61 Å². The number of nitrogens with two attached hydrogens (primary N) is 1. The molecule has 2 N–H and O–H groups in total. The third kappa shape index (κ3) is 2.85. The minimum Gasteiger partial charge on any atom is -0.487 e. The molecule has 90 valence electrons. The molecule has 0 aliphatic rings. The molecule has 2 aromatic rings. The van der Waals surface area contributed by atoms with Crippen molar-refractivity contribution in [1.29, 1.82) is 0 Å². The number of ether oxygens (including phenoxy) is 1. The van der Waals surface area contributed by atoms with E-state index in [1.165, 1.54) is 0 Å². The van der Waals surface area contributed by atoms with Crippen molar-refractivity contribution >= 4 is 0 Å². The van der Waals surface area contributed by atoms with Crippen molar-refractivity contribution in [3.8, 4) is 5.75 Å². The molecule has 0 saturated heterocycles. The molecule has 2 rings (SSSR count). The summed E-state index contributed by atoms with van der Waals surface area (Å²) in [6, 6.07) is 9.73. The van der Waals surface area contributed by atoms with Crippen LogP contribution in [0.15, 0.2) is 36.5 Å². The van der Waals surface area contributed by atoms with Crippen LogP contribution in [0.3, 0.4) is 0 Å². The van der Waals surface area contributed by atoms with Gasteiger partial charge in [-0.3, -0.25) is 4.68 Å². The molecule has 0 amide bonds. The number of nitrogens with zero attached hydrogens (tertiary/aromatic N) is 2. The molecular weight excluding hydrogens is 214 g/mol. The Kier molecular flexibility index (Phi) is 3.44. The highest BCUT2D eigenvalue weighted by atomic mass is 16.5. The van der Waals surface area contributed by atoms with E-state index in [9.17, 15) is 0 Å². The molecule has 0 aliphatic heterocycles. The van der Waals surface area contributed by atoms with Crippen LogP contribution in [0.5, 0.6) is 5.75 Å². The van der Waals surface area contributed by atoms with Crippen LogP contribution in [0.1, 0.15) is 24.2 Å². The molecule has 1 heterocycles. The predicted octanol–water partition coefficient (Wildman–Crippen LogP) is 2.02. The number of aromatic nitrogens is 2. The highest BCUT2D eigenvalue weighted by Gasteiger charge is 2.07. The summed E-state index contributed by atoms with van der Waals surface area (Å²) in [6.07, 6.45) is 1.90. The first kappa shape index (κ1) is 11.7. The van der Waals surface area contributed by atoms with Gasteiger partial charge in [0.15, 0.2) is 0 Å². The van der Waals surface area contributed by atoms with E-state index in [0.717, 1.165) is 17.0 Å². The molecular formula is C13H17N3O. The van der Waals surface area contributed by atoms with Crippen LogP contribution >= 0.6 is 0 Å². The van der Waals surface area contributed by atoms with Crippen molar-refractivity contribution in [2.24, 2.45) is 12.8 Å². The summed E-state index contributed by atoms with van der Waals surface area (Å²) in [4.78, 5) is 0. The van der Waals surface area contributed by atoms with Gasteiger partial charge in [-0.15, -0.1) is 0 Å². The Labute approximate surface area is 101 Å². The number of benzene rings is 1. The lowest BCUT2D eigenvalue weighted by Gasteiger charge is -2.12. The van der Waals surface area contributed by atoms with Gasteiger partial charge in [0.25, 0.3) is 0 Å². The van der Waals surface area contributed by atoms with Crippen LogP contribution in [0.2, 0.25) is 0 Å². The first-order chi connectivity index (χ1) is 8.16. The van der Waals surface area contributed by atoms with Gasteiger partial charge in [0.1, 0.15) is 12.4 Å². The van der Waals surface area contributed by atoms with Gasteiger partial charge in [-0.25, -0.2) is 0 Å². The molecule has 1 aromatic heterocycles. The van der Waals surface area contributed by atoms with Crippen LogP contribution in [0.4, 0.5) is 0 Å². The normalized spacial score (nSPS) is 12.4. The molecule has 1 atom stereocenters. The van der Waals surface area contributed by atoms with Gasteiger partial charge in [-0.05, 0) is 19.1 Å². The summed E-state index contributed by atoms with van der Waals surface area (Å²) in [5, 5.41) is 4.26. The van der Waals surface area contributed by atoms with E-state index in [1.54, 1.807) is 4.68 Å². The number of hydrogen-bond acceptors (Lipinski definition) is 3. The predicted molar refractivity (Wildman–Crippen MR) is 66.6 cm³/mol. The molecule has 0 aliphatic carbocycles. The standard InChI is InChI=1S/C13H17N3O/c1-10(14)12-5-3-4-6-13(12)17-9-11-7-8-16(2)15-11/h3-8,10H,9,14H2,1-2H3/t10-/m0/s1. The van der Waals surface area contributed by atoms with Crippen molar-refractivity contribution in [3.63, 3.8) is 0 Å². The zero-order chi connectivity index (χ0) is 12.3. The fourth-order valence-corrected chi connectivity index (χ4v) is 1.68. The van der Waals surface area contributed by atoms with Gasteiger partial charge in [0.05, 0.1) is 5.69 Å². The maximum absolute atomic E-state index is 5.89. The lowest BCUT2D eigenvalue weighted by atomic mass is 10.1. The molecule has 0 saturated carbocycles. The fraction of sp³-hybridized carbons (Fsp3) is 0.308. The second-order valence-electron chi connectivity index (χ2n) is 4.10. The second-order valence-corrected chi connectivity index (χ2v) is 4.10. The molecule has 4 heteroatoms. The maximum atomic E-state index is 5.89. The summed E-state index contributed by atoms with van der Waals surface area (Å²) in [5.41, 5.74) is 7.81. The Morgan fingerprint density at radius 2 is 2.12 bits per heavy atom. The largest absolute Gasteiger partial charge is 0.487 e. The lowest BCUT2D eigenvalue weighted by Crippen LogP contribution is -2.08. The van der Waals surface area contributed by atoms with Crippen LogP contribution in [0, 0.1) is 0 Å². The zero-order valence-corrected chi connectivity index (χ0v) is 10.1. The Morgan fingerprint density at radius 1 is 1.35 bits per heavy atom. The molecule has 17 heavy (non-hydrogen) atoms. The van der Waals surface area contributed by atoms with E-state index in [4.69, 9.17) is 10.5 Å². The Bertz CT molecular complexity index is 491. The van der Waals surface area contributed by atoms with Crippen molar-refractivity contribution in [2.75, 3.05) is 0 Å². The molecule has 0 unspecified atom stereocenters. The van der Waals surface area contributed by atoms with E-state index >= 15 is 0 Å². The minimum absolute atomic E-state index is 0.0325. The molecule has 0 radical (unpaired) electrons. The number of rotatable bonds is 4. The third-order valence-electron chi connectivity index (χ3n) is 2.55. The van der Waals surface area contributed by atoms with Gasteiger partial charge in [-0.2, -0.15) is 5.10 Å². The van der Waals surface area contributed by atoms with Gasteiger partial charge in [-0.1, -0.05) is 18.2 Å². The smallest absolute Gasteiger partial charge is 0.132 e. The average molecular weight is 231 g/mol. The van der Waals surface area contributed by atoms with Crippen molar-refractivity contribution in [2.45, 2.75) is 19.6 Å². The topological polar surface area (TPSA) is 53.1 Å². The Morgan fingerprint density at radius 3 is 2.76 bits per heavy atom. The quantitative estimate of drug-likeness (QED) is 0.875. The fourth-order valence-electron chi connectivity index (χ4n) is 1.68. The number of para-hydroxylation sites is 1. The molecule has 4 nitrogen and oxygen atoms in total. The maximum Gasteiger partial charge on any atom is 0.132 e. The van der Waals surface area contributed by atoms with E-state index in [-0.39, 0.29) is 6.04 Å². The molecule has 0 fully saturated rings. The van der Waals surface area contributed by atoms with Crippen LogP contribution in [-0.2, 0) is 13.7 Å². The summed E-state index contributed by atoms with van der Waals surface area (Å²) in [5.74, 6) is 0.827. The second kappa shape index (κ2) is 5.01. The number of hydrogen-bond donors (Lipinski definition) is 1. The number of aryl methyl sites for hydroxylation is 1. The van der Waals surface area contributed by atoms with Crippen molar-refractivity contribution < 1.29 is 4.74 Å². The first-order valence-electron chi connectivity index (χ1n) is 5.62. The SMILES string of the molecule is C[C@H](N)c1ccccc1OCc1ccn(C)n1. The Balaban J connectivity index is 2.08. The zero-order valence-electron chi connectivity index (χ0n) is 10.1. The average Bonchev–Trinajstić information content (AvgIpc) is 2.73. The van der Waals surface area contributed by atoms with Gasteiger partial charge >= 0.3 is 0 Å². The monoisotopic (exact) mass is 231 g/mol. The van der Waals surface area contributed by atoms with E-state index < -0.39 is 0 Å². The summed E-state index contributed by atoms with van der Waals surface area (Å²) >= 11 is 0. The first-order valence-corrected chi connectivity index (χ1v) is 5.62. The van der Waals surface area contributed by atoms with Crippen LogP contribution in [0.25, 0.3) is 0 Å². The van der Waals surface area contributed by atoms with Gasteiger partial charge in [0.2, 0.25) is 0 Å². The Hall–Kier alpha value is -1.81. The van der Waals surface area contributed by atoms with Crippen LogP contribution in [-0.4, -0.2) is 9.78 Å². The summed E-state index contributed by atoms with van der Waals surface area (Å²) in [6.45, 7) is 2.41. The van der Waals surface area contributed by atoms with Crippen molar-refractivity contribution in [1.82, 2.24) is 9.78 Å². The van der Waals surface area contributed by atoms with Crippen molar-refractivity contribution in [3.05, 3.63) is 47.8 Å².